The zero-order valence-corrected chi connectivity index (χ0v) is 9.57. The van der Waals surface area contributed by atoms with Crippen molar-refractivity contribution in [2.75, 3.05) is 25.6 Å². The van der Waals surface area contributed by atoms with E-state index in [0.717, 1.165) is 6.54 Å². The highest BCUT2D eigenvalue weighted by Crippen LogP contribution is 2.36. The molecule has 0 saturated heterocycles. The van der Waals surface area contributed by atoms with Crippen LogP contribution in [0.25, 0.3) is 0 Å². The van der Waals surface area contributed by atoms with E-state index in [0.29, 0.717) is 0 Å². The second kappa shape index (κ2) is 3.01. The number of fused-ring (bicyclic) bond motifs is 1. The Bertz CT molecular complexity index is 297. The zero-order valence-electron chi connectivity index (χ0n) is 7.17. The van der Waals surface area contributed by atoms with E-state index in [-0.39, 0.29) is 0 Å². The summed E-state index contributed by atoms with van der Waals surface area (Å²) in [6, 6.07) is 2.19. The fourth-order valence-corrected chi connectivity index (χ4v) is 3.14. The third-order valence-corrected chi connectivity index (χ3v) is 3.97. The number of likely N-dealkylation sites (N-methyl/N-ethyl adjacent to an activating group) is 1. The summed E-state index contributed by atoms with van der Waals surface area (Å²) >= 11 is 5.36. The first-order valence-electron chi connectivity index (χ1n) is 3.91. The molecule has 66 valence electrons. The minimum atomic E-state index is 1.12. The van der Waals surface area contributed by atoms with Crippen LogP contribution in [0.15, 0.2) is 9.85 Å². The predicted octanol–water partition coefficient (Wildman–Crippen LogP) is 2.35. The molecule has 1 aliphatic heterocycles. The summed E-state index contributed by atoms with van der Waals surface area (Å²) in [5.41, 5.74) is 1.35. The normalized spacial score (nSPS) is 18.1. The van der Waals surface area contributed by atoms with Gasteiger partial charge in [-0.1, -0.05) is 0 Å². The number of hydrogen-bond acceptors (Lipinski definition) is 3. The molecule has 0 aliphatic carbocycles. The van der Waals surface area contributed by atoms with Crippen molar-refractivity contribution in [3.05, 3.63) is 14.7 Å². The van der Waals surface area contributed by atoms with E-state index in [1.165, 1.54) is 20.8 Å². The van der Waals surface area contributed by atoms with E-state index in [1.807, 2.05) is 11.3 Å². The van der Waals surface area contributed by atoms with Gasteiger partial charge in [-0.25, -0.2) is 5.01 Å². The minimum absolute atomic E-state index is 1.12. The standard InChI is InChI=1S/C8H11BrN2S/c1-10-4-3-7-6(11(10)2)5-8(9)12-7/h5H,3-4H2,1-2H3. The summed E-state index contributed by atoms with van der Waals surface area (Å²) in [6.07, 6.45) is 1.17. The molecule has 0 N–H and O–H groups in total. The summed E-state index contributed by atoms with van der Waals surface area (Å²) in [6.45, 7) is 1.12. The van der Waals surface area contributed by atoms with Crippen LogP contribution in [0.1, 0.15) is 4.88 Å². The predicted molar refractivity (Wildman–Crippen MR) is 56.8 cm³/mol. The SMILES string of the molecule is CN1CCc2sc(Br)cc2N1C. The maximum absolute atomic E-state index is 3.51. The van der Waals surface area contributed by atoms with Crippen LogP contribution in [-0.2, 0) is 6.42 Å². The Balaban J connectivity index is 2.41. The van der Waals surface area contributed by atoms with Gasteiger partial charge in [0.1, 0.15) is 0 Å². The van der Waals surface area contributed by atoms with Gasteiger partial charge in [0.15, 0.2) is 0 Å². The highest BCUT2D eigenvalue weighted by molar-refractivity contribution is 9.11. The lowest BCUT2D eigenvalue weighted by molar-refractivity contribution is 0.316. The van der Waals surface area contributed by atoms with E-state index in [2.05, 4.69) is 46.1 Å². The maximum Gasteiger partial charge on any atom is 0.0723 e. The van der Waals surface area contributed by atoms with E-state index >= 15 is 0 Å². The number of hydrogen-bond donors (Lipinski definition) is 0. The molecule has 12 heavy (non-hydrogen) atoms. The number of hydrazine groups is 1. The molecule has 0 bridgehead atoms. The molecule has 1 aromatic heterocycles. The lowest BCUT2D eigenvalue weighted by Crippen LogP contribution is -2.41. The molecule has 0 amide bonds. The van der Waals surface area contributed by atoms with Crippen LogP contribution in [0.3, 0.4) is 0 Å². The van der Waals surface area contributed by atoms with Crippen molar-refractivity contribution in [1.82, 2.24) is 5.01 Å². The van der Waals surface area contributed by atoms with Crippen LogP contribution < -0.4 is 5.01 Å². The summed E-state index contributed by atoms with van der Waals surface area (Å²) < 4.78 is 1.23. The summed E-state index contributed by atoms with van der Waals surface area (Å²) in [5.74, 6) is 0. The molecule has 1 aromatic rings. The lowest BCUT2D eigenvalue weighted by atomic mass is 10.2. The molecule has 0 saturated carbocycles. The van der Waals surface area contributed by atoms with Crippen molar-refractivity contribution in [2.45, 2.75) is 6.42 Å². The van der Waals surface area contributed by atoms with Gasteiger partial charge in [-0.05, 0) is 28.4 Å². The minimum Gasteiger partial charge on any atom is -0.308 e. The fourth-order valence-electron chi connectivity index (χ4n) is 1.44. The van der Waals surface area contributed by atoms with Crippen molar-refractivity contribution in [2.24, 2.45) is 0 Å². The molecule has 0 atom stereocenters. The van der Waals surface area contributed by atoms with Crippen molar-refractivity contribution >= 4 is 33.0 Å². The number of anilines is 1. The average Bonchev–Trinajstić information content (AvgIpc) is 2.39. The van der Waals surface area contributed by atoms with Gasteiger partial charge in [0, 0.05) is 25.5 Å². The molecule has 0 unspecified atom stereocenters. The van der Waals surface area contributed by atoms with Gasteiger partial charge in [0.25, 0.3) is 0 Å². The van der Waals surface area contributed by atoms with E-state index < -0.39 is 0 Å². The van der Waals surface area contributed by atoms with Gasteiger partial charge in [-0.15, -0.1) is 11.3 Å². The molecular formula is C8H11BrN2S. The van der Waals surface area contributed by atoms with Gasteiger partial charge in [0.2, 0.25) is 0 Å². The summed E-state index contributed by atoms with van der Waals surface area (Å²) in [7, 11) is 4.23. The third-order valence-electron chi connectivity index (χ3n) is 2.28. The first kappa shape index (κ1) is 8.53. The van der Waals surface area contributed by atoms with Crippen molar-refractivity contribution < 1.29 is 0 Å². The van der Waals surface area contributed by atoms with Crippen LogP contribution in [0.5, 0.6) is 0 Å². The average molecular weight is 247 g/mol. The van der Waals surface area contributed by atoms with Gasteiger partial charge in [-0.3, -0.25) is 0 Å². The number of rotatable bonds is 0. The van der Waals surface area contributed by atoms with Crippen LogP contribution in [-0.4, -0.2) is 25.6 Å². The Morgan fingerprint density at radius 2 is 2.25 bits per heavy atom. The molecule has 1 aliphatic rings. The topological polar surface area (TPSA) is 6.48 Å². The smallest absolute Gasteiger partial charge is 0.0723 e. The monoisotopic (exact) mass is 246 g/mol. The van der Waals surface area contributed by atoms with Crippen LogP contribution in [0.2, 0.25) is 0 Å². The van der Waals surface area contributed by atoms with Crippen molar-refractivity contribution in [3.63, 3.8) is 0 Å². The third kappa shape index (κ3) is 1.28. The molecule has 0 aromatic carbocycles. The quantitative estimate of drug-likeness (QED) is 0.694. The van der Waals surface area contributed by atoms with E-state index in [1.54, 1.807) is 0 Å². The number of thiophene rings is 1. The van der Waals surface area contributed by atoms with Gasteiger partial charge < -0.3 is 5.01 Å². The Kier molecular flexibility index (Phi) is 2.14. The summed E-state index contributed by atoms with van der Waals surface area (Å²) in [5, 5.41) is 4.45. The highest BCUT2D eigenvalue weighted by atomic mass is 79.9. The van der Waals surface area contributed by atoms with Gasteiger partial charge in [-0.2, -0.15) is 0 Å². The Morgan fingerprint density at radius 3 is 3.00 bits per heavy atom. The zero-order chi connectivity index (χ0) is 8.72. The first-order valence-corrected chi connectivity index (χ1v) is 5.52. The maximum atomic E-state index is 3.51. The molecule has 2 rings (SSSR count). The molecule has 0 radical (unpaired) electrons. The number of nitrogens with zero attached hydrogens (tertiary/aromatic N) is 2. The van der Waals surface area contributed by atoms with Gasteiger partial charge in [0.05, 0.1) is 9.47 Å². The van der Waals surface area contributed by atoms with E-state index in [9.17, 15) is 0 Å². The van der Waals surface area contributed by atoms with Crippen LogP contribution in [0, 0.1) is 0 Å². The highest BCUT2D eigenvalue weighted by Gasteiger charge is 2.20. The first-order chi connectivity index (χ1) is 5.68. The Labute approximate surface area is 84.9 Å². The second-order valence-electron chi connectivity index (χ2n) is 3.01. The summed E-state index contributed by atoms with van der Waals surface area (Å²) in [4.78, 5) is 1.49. The second-order valence-corrected chi connectivity index (χ2v) is 5.53. The lowest BCUT2D eigenvalue weighted by Gasteiger charge is -2.34. The molecule has 0 spiro atoms. The molecule has 2 heterocycles. The largest absolute Gasteiger partial charge is 0.308 e. The molecular weight excluding hydrogens is 236 g/mol. The molecule has 0 fully saturated rings. The molecule has 4 heteroatoms. The van der Waals surface area contributed by atoms with Crippen LogP contribution >= 0.6 is 27.3 Å². The fraction of sp³-hybridized carbons (Fsp3) is 0.500. The molecule has 2 nitrogen and oxygen atoms in total. The van der Waals surface area contributed by atoms with Gasteiger partial charge >= 0.3 is 0 Å². The van der Waals surface area contributed by atoms with Crippen molar-refractivity contribution in [1.29, 1.82) is 0 Å². The number of halogens is 1. The van der Waals surface area contributed by atoms with Crippen molar-refractivity contribution in [3.8, 4) is 0 Å². The Morgan fingerprint density at radius 1 is 1.50 bits per heavy atom. The Hall–Kier alpha value is -0.0600. The van der Waals surface area contributed by atoms with Crippen LogP contribution in [0.4, 0.5) is 5.69 Å². The van der Waals surface area contributed by atoms with E-state index in [4.69, 9.17) is 0 Å².